The normalized spacial score (nSPS) is 14.3. The van der Waals surface area contributed by atoms with Crippen LogP contribution in [0.5, 0.6) is 0 Å². The van der Waals surface area contributed by atoms with Gasteiger partial charge in [-0.1, -0.05) is 29.5 Å². The molecule has 1 aliphatic rings. The SMILES string of the molecule is COC(=O)CSc1nnc(N2CCCC2)n1-c1ccc(C)cc1. The number of nitrogens with zero attached hydrogens (tertiary/aromatic N) is 4. The van der Waals surface area contributed by atoms with Crippen LogP contribution < -0.4 is 4.90 Å². The highest BCUT2D eigenvalue weighted by molar-refractivity contribution is 7.99. The predicted octanol–water partition coefficient (Wildman–Crippen LogP) is 2.44. The van der Waals surface area contributed by atoms with Gasteiger partial charge in [0.1, 0.15) is 0 Å². The number of thioether (sulfide) groups is 1. The first-order valence-electron chi connectivity index (χ1n) is 7.66. The van der Waals surface area contributed by atoms with Crippen LogP contribution in [-0.2, 0) is 9.53 Å². The number of esters is 1. The maximum absolute atomic E-state index is 11.4. The van der Waals surface area contributed by atoms with Crippen LogP contribution in [0.15, 0.2) is 29.4 Å². The van der Waals surface area contributed by atoms with Crippen molar-refractivity contribution < 1.29 is 9.53 Å². The molecule has 0 amide bonds. The highest BCUT2D eigenvalue weighted by Gasteiger charge is 2.22. The molecule has 7 heteroatoms. The molecule has 0 saturated carbocycles. The average molecular weight is 332 g/mol. The molecule has 6 nitrogen and oxygen atoms in total. The summed E-state index contributed by atoms with van der Waals surface area (Å²) in [7, 11) is 1.39. The van der Waals surface area contributed by atoms with Gasteiger partial charge in [-0.3, -0.25) is 9.36 Å². The molecule has 122 valence electrons. The summed E-state index contributed by atoms with van der Waals surface area (Å²) in [6, 6.07) is 8.25. The summed E-state index contributed by atoms with van der Waals surface area (Å²) in [6.45, 7) is 4.04. The number of ether oxygens (including phenoxy) is 1. The van der Waals surface area contributed by atoms with Gasteiger partial charge in [-0.2, -0.15) is 0 Å². The van der Waals surface area contributed by atoms with Crippen LogP contribution in [0, 0.1) is 6.92 Å². The number of aromatic nitrogens is 3. The van der Waals surface area contributed by atoms with E-state index in [1.165, 1.54) is 37.3 Å². The smallest absolute Gasteiger partial charge is 0.316 e. The number of methoxy groups -OCH3 is 1. The van der Waals surface area contributed by atoms with E-state index in [2.05, 4.69) is 46.3 Å². The van der Waals surface area contributed by atoms with E-state index in [-0.39, 0.29) is 11.7 Å². The number of anilines is 1. The number of hydrogen-bond donors (Lipinski definition) is 0. The third kappa shape index (κ3) is 3.50. The Bertz CT molecular complexity index is 678. The number of carbonyl (C=O) groups is 1. The fourth-order valence-electron chi connectivity index (χ4n) is 2.58. The Hall–Kier alpha value is -2.02. The summed E-state index contributed by atoms with van der Waals surface area (Å²) >= 11 is 1.35. The molecule has 0 radical (unpaired) electrons. The molecule has 23 heavy (non-hydrogen) atoms. The first-order valence-corrected chi connectivity index (χ1v) is 8.64. The average Bonchev–Trinajstić information content (AvgIpc) is 3.22. The summed E-state index contributed by atoms with van der Waals surface area (Å²) in [5, 5.41) is 9.37. The summed E-state index contributed by atoms with van der Waals surface area (Å²) in [6.07, 6.45) is 2.34. The number of rotatable bonds is 5. The van der Waals surface area contributed by atoms with Crippen molar-refractivity contribution in [2.24, 2.45) is 0 Å². The molecule has 2 heterocycles. The van der Waals surface area contributed by atoms with Crippen molar-refractivity contribution in [1.82, 2.24) is 14.8 Å². The molecule has 1 fully saturated rings. The van der Waals surface area contributed by atoms with Crippen LogP contribution in [0.1, 0.15) is 18.4 Å². The van der Waals surface area contributed by atoms with Crippen molar-refractivity contribution in [3.63, 3.8) is 0 Å². The van der Waals surface area contributed by atoms with Crippen molar-refractivity contribution >= 4 is 23.7 Å². The number of benzene rings is 1. The van der Waals surface area contributed by atoms with Gasteiger partial charge in [-0.25, -0.2) is 0 Å². The van der Waals surface area contributed by atoms with E-state index >= 15 is 0 Å². The van der Waals surface area contributed by atoms with Gasteiger partial charge in [0.15, 0.2) is 5.16 Å². The van der Waals surface area contributed by atoms with E-state index in [4.69, 9.17) is 4.74 Å². The van der Waals surface area contributed by atoms with Crippen LogP contribution in [0.25, 0.3) is 5.69 Å². The molecule has 2 aromatic rings. The predicted molar refractivity (Wildman–Crippen MR) is 90.3 cm³/mol. The van der Waals surface area contributed by atoms with E-state index in [1.54, 1.807) is 0 Å². The van der Waals surface area contributed by atoms with Crippen LogP contribution in [0.3, 0.4) is 0 Å². The monoisotopic (exact) mass is 332 g/mol. The van der Waals surface area contributed by atoms with Crippen molar-refractivity contribution in [2.45, 2.75) is 24.9 Å². The lowest BCUT2D eigenvalue weighted by molar-refractivity contribution is -0.137. The second kappa shape index (κ2) is 7.04. The third-order valence-electron chi connectivity index (χ3n) is 3.84. The first kappa shape index (κ1) is 15.9. The Kier molecular flexibility index (Phi) is 4.85. The van der Waals surface area contributed by atoms with Crippen molar-refractivity contribution in [2.75, 3.05) is 30.9 Å². The zero-order chi connectivity index (χ0) is 16.2. The minimum absolute atomic E-state index is 0.223. The number of aryl methyl sites for hydroxylation is 1. The Morgan fingerprint density at radius 3 is 2.57 bits per heavy atom. The first-order chi connectivity index (χ1) is 11.2. The van der Waals surface area contributed by atoms with Gasteiger partial charge >= 0.3 is 5.97 Å². The Morgan fingerprint density at radius 1 is 1.22 bits per heavy atom. The second-order valence-electron chi connectivity index (χ2n) is 5.51. The fraction of sp³-hybridized carbons (Fsp3) is 0.438. The van der Waals surface area contributed by atoms with Gasteiger partial charge in [0.05, 0.1) is 18.6 Å². The topological polar surface area (TPSA) is 60.2 Å². The third-order valence-corrected chi connectivity index (χ3v) is 4.75. The fourth-order valence-corrected chi connectivity index (χ4v) is 3.36. The van der Waals surface area contributed by atoms with Gasteiger partial charge < -0.3 is 9.64 Å². The molecule has 0 atom stereocenters. The molecule has 0 spiro atoms. The molecule has 1 aliphatic heterocycles. The Morgan fingerprint density at radius 2 is 1.91 bits per heavy atom. The molecule has 1 aromatic heterocycles. The van der Waals surface area contributed by atoms with E-state index in [0.29, 0.717) is 5.16 Å². The van der Waals surface area contributed by atoms with Gasteiger partial charge in [0.25, 0.3) is 0 Å². The van der Waals surface area contributed by atoms with Crippen LogP contribution in [0.2, 0.25) is 0 Å². The summed E-state index contributed by atoms with van der Waals surface area (Å²) in [4.78, 5) is 13.7. The molecule has 0 bridgehead atoms. The van der Waals surface area contributed by atoms with E-state index < -0.39 is 0 Å². The van der Waals surface area contributed by atoms with Crippen molar-refractivity contribution in [3.8, 4) is 5.69 Å². The highest BCUT2D eigenvalue weighted by Crippen LogP contribution is 2.28. The molecule has 0 aliphatic carbocycles. The summed E-state index contributed by atoms with van der Waals surface area (Å²) in [5.74, 6) is 0.801. The number of carbonyl (C=O) groups excluding carboxylic acids is 1. The largest absolute Gasteiger partial charge is 0.468 e. The quantitative estimate of drug-likeness (QED) is 0.619. The van der Waals surface area contributed by atoms with Gasteiger partial charge in [0, 0.05) is 13.1 Å². The van der Waals surface area contributed by atoms with E-state index in [9.17, 15) is 4.79 Å². The zero-order valence-electron chi connectivity index (χ0n) is 13.4. The maximum Gasteiger partial charge on any atom is 0.316 e. The maximum atomic E-state index is 11.4. The Balaban J connectivity index is 1.95. The molecule has 0 unspecified atom stereocenters. The van der Waals surface area contributed by atoms with Gasteiger partial charge in [-0.15, -0.1) is 10.2 Å². The number of hydrogen-bond acceptors (Lipinski definition) is 6. The minimum atomic E-state index is -0.267. The van der Waals surface area contributed by atoms with Gasteiger partial charge in [-0.05, 0) is 31.9 Å². The molecule has 0 N–H and O–H groups in total. The van der Waals surface area contributed by atoms with Gasteiger partial charge in [0.2, 0.25) is 5.95 Å². The van der Waals surface area contributed by atoms with Crippen LogP contribution in [0.4, 0.5) is 5.95 Å². The van der Waals surface area contributed by atoms with Crippen LogP contribution in [-0.4, -0.2) is 46.7 Å². The molecule has 1 saturated heterocycles. The molecular formula is C16H20N4O2S. The molecule has 3 rings (SSSR count). The molecule has 1 aromatic carbocycles. The zero-order valence-corrected chi connectivity index (χ0v) is 14.2. The second-order valence-corrected chi connectivity index (χ2v) is 6.45. The summed E-state index contributed by atoms with van der Waals surface area (Å²) < 4.78 is 6.74. The standard InChI is InChI=1S/C16H20N4O2S/c1-12-5-7-13(8-6-12)20-15(19-9-3-4-10-19)17-18-16(20)23-11-14(21)22-2/h5-8H,3-4,9-11H2,1-2H3. The van der Waals surface area contributed by atoms with Crippen molar-refractivity contribution in [1.29, 1.82) is 0 Å². The lowest BCUT2D eigenvalue weighted by atomic mass is 10.2. The minimum Gasteiger partial charge on any atom is -0.468 e. The lowest BCUT2D eigenvalue weighted by Gasteiger charge is -2.18. The highest BCUT2D eigenvalue weighted by atomic mass is 32.2. The van der Waals surface area contributed by atoms with Crippen molar-refractivity contribution in [3.05, 3.63) is 29.8 Å². The lowest BCUT2D eigenvalue weighted by Crippen LogP contribution is -2.22. The van der Waals surface area contributed by atoms with Crippen LogP contribution >= 0.6 is 11.8 Å². The van der Waals surface area contributed by atoms with E-state index in [0.717, 1.165) is 24.7 Å². The summed E-state index contributed by atoms with van der Waals surface area (Å²) in [5.41, 5.74) is 2.21. The van der Waals surface area contributed by atoms with E-state index in [1.807, 2.05) is 4.57 Å². The Labute approximate surface area is 139 Å². The molecular weight excluding hydrogens is 312 g/mol.